The van der Waals surface area contributed by atoms with Gasteiger partial charge in [-0.1, -0.05) is 91.6 Å². The molecule has 1 atom stereocenters. The second-order valence-electron chi connectivity index (χ2n) is 11.1. The lowest BCUT2D eigenvalue weighted by atomic mass is 9.90. The Morgan fingerprint density at radius 3 is 2.33 bits per heavy atom. The predicted molar refractivity (Wildman–Crippen MR) is 175 cm³/mol. The van der Waals surface area contributed by atoms with Crippen LogP contribution in [0, 0.1) is 24.2 Å². The molecule has 2 aliphatic rings. The van der Waals surface area contributed by atoms with Gasteiger partial charge in [-0.2, -0.15) is 5.26 Å². The van der Waals surface area contributed by atoms with Crippen LogP contribution in [0.3, 0.4) is 0 Å². The van der Waals surface area contributed by atoms with Crippen molar-refractivity contribution in [2.75, 3.05) is 18.0 Å². The highest BCUT2D eigenvalue weighted by molar-refractivity contribution is 8.26. The zero-order chi connectivity index (χ0) is 29.8. The third-order valence-electron chi connectivity index (χ3n) is 8.34. The summed E-state index contributed by atoms with van der Waals surface area (Å²) in [6.07, 6.45) is 5.66. The molecule has 0 saturated carbocycles. The first-order chi connectivity index (χ1) is 20.3. The molecule has 3 aromatic rings. The largest absolute Gasteiger partial charge is 0.357 e. The Balaban J connectivity index is 1.52. The summed E-state index contributed by atoms with van der Waals surface area (Å²) in [7, 11) is 0. The smallest absolute Gasteiger partial charge is 0.270 e. The minimum Gasteiger partial charge on any atom is -0.357 e. The highest BCUT2D eigenvalue weighted by atomic mass is 32.2. The van der Waals surface area contributed by atoms with Crippen molar-refractivity contribution in [3.8, 4) is 6.07 Å². The number of hydrogen-bond acceptors (Lipinski definition) is 6. The van der Waals surface area contributed by atoms with Crippen LogP contribution in [-0.2, 0) is 17.8 Å². The highest BCUT2D eigenvalue weighted by Crippen LogP contribution is 2.40. The molecule has 42 heavy (non-hydrogen) atoms. The van der Waals surface area contributed by atoms with Gasteiger partial charge in [0.1, 0.15) is 21.8 Å². The van der Waals surface area contributed by atoms with Crippen molar-refractivity contribution in [2.24, 2.45) is 5.92 Å². The fraction of sp³-hybridized carbons (Fsp3) is 0.353. The van der Waals surface area contributed by atoms with Crippen LogP contribution in [0.5, 0.6) is 0 Å². The second kappa shape index (κ2) is 13.1. The summed E-state index contributed by atoms with van der Waals surface area (Å²) in [4.78, 5) is 31.8. The third kappa shape index (κ3) is 5.95. The summed E-state index contributed by atoms with van der Waals surface area (Å²) in [6, 6.07) is 22.4. The molecule has 0 radical (unpaired) electrons. The highest BCUT2D eigenvalue weighted by Gasteiger charge is 2.37. The van der Waals surface area contributed by atoms with E-state index in [0.29, 0.717) is 27.3 Å². The Kier molecular flexibility index (Phi) is 9.30. The standard InChI is InChI=1S/C34H36N4O2S2/c1-4-17-37-31(36-18-15-26(16-19-36)20-25-11-7-5-8-12-25)28(23(2)29(22-35)32(37)39)21-30-33(40)38(34(41)42-30)24(3)27-13-9-6-10-14-27/h5-14,21,24,26H,4,15-20H2,1-3H3. The van der Waals surface area contributed by atoms with E-state index in [9.17, 15) is 14.9 Å². The molecule has 216 valence electrons. The van der Waals surface area contributed by atoms with Crippen LogP contribution in [0.4, 0.5) is 5.82 Å². The van der Waals surface area contributed by atoms with E-state index in [-0.39, 0.29) is 23.1 Å². The van der Waals surface area contributed by atoms with Crippen molar-refractivity contribution in [2.45, 2.75) is 59.0 Å². The van der Waals surface area contributed by atoms with Gasteiger partial charge in [0.25, 0.3) is 11.5 Å². The zero-order valence-electron chi connectivity index (χ0n) is 24.4. The maximum absolute atomic E-state index is 13.8. The topological polar surface area (TPSA) is 69.3 Å². The minimum atomic E-state index is -0.263. The first-order valence-electron chi connectivity index (χ1n) is 14.6. The molecule has 0 spiro atoms. The molecule has 0 aliphatic carbocycles. The number of pyridine rings is 1. The van der Waals surface area contributed by atoms with E-state index in [1.807, 2.05) is 63.2 Å². The van der Waals surface area contributed by atoms with E-state index in [1.54, 1.807) is 9.47 Å². The second-order valence-corrected chi connectivity index (χ2v) is 12.7. The minimum absolute atomic E-state index is 0.130. The van der Waals surface area contributed by atoms with Gasteiger partial charge in [-0.15, -0.1) is 0 Å². The van der Waals surface area contributed by atoms with E-state index in [4.69, 9.17) is 12.2 Å². The van der Waals surface area contributed by atoms with E-state index in [0.717, 1.165) is 55.7 Å². The van der Waals surface area contributed by atoms with Crippen molar-refractivity contribution >= 4 is 46.1 Å². The molecule has 8 heteroatoms. The molecule has 0 N–H and O–H groups in total. The molecular weight excluding hydrogens is 561 g/mol. The number of benzene rings is 2. The number of carbonyl (C=O) groups excluding carboxylic acids is 1. The quantitative estimate of drug-likeness (QED) is 0.209. The lowest BCUT2D eigenvalue weighted by Gasteiger charge is -2.36. The molecule has 2 saturated heterocycles. The lowest BCUT2D eigenvalue weighted by Crippen LogP contribution is -2.40. The van der Waals surface area contributed by atoms with Crippen LogP contribution in [0.1, 0.15) is 67.0 Å². The normalized spacial score (nSPS) is 17.6. The van der Waals surface area contributed by atoms with Gasteiger partial charge < -0.3 is 4.90 Å². The molecule has 0 bridgehead atoms. The molecule has 2 fully saturated rings. The number of aromatic nitrogens is 1. The van der Waals surface area contributed by atoms with Gasteiger partial charge >= 0.3 is 0 Å². The first-order valence-corrected chi connectivity index (χ1v) is 15.8. The number of thiocarbonyl (C=S) groups is 1. The average Bonchev–Trinajstić information content (AvgIpc) is 3.29. The van der Waals surface area contributed by atoms with Crippen molar-refractivity contribution in [1.29, 1.82) is 5.26 Å². The summed E-state index contributed by atoms with van der Waals surface area (Å²) in [5.74, 6) is 1.21. The summed E-state index contributed by atoms with van der Waals surface area (Å²) < 4.78 is 2.26. The van der Waals surface area contributed by atoms with Crippen molar-refractivity contribution in [3.63, 3.8) is 0 Å². The SMILES string of the molecule is CCCn1c(N2CCC(Cc3ccccc3)CC2)c(C=C2SC(=S)N(C(C)c3ccccc3)C2=O)c(C)c(C#N)c1=O. The number of carbonyl (C=O) groups is 1. The van der Waals surface area contributed by atoms with Crippen molar-refractivity contribution in [1.82, 2.24) is 9.47 Å². The molecule has 1 unspecified atom stereocenters. The van der Waals surface area contributed by atoms with Gasteiger partial charge in [0.2, 0.25) is 0 Å². The van der Waals surface area contributed by atoms with Gasteiger partial charge in [-0.25, -0.2) is 0 Å². The van der Waals surface area contributed by atoms with Gasteiger partial charge in [0.05, 0.1) is 10.9 Å². The Morgan fingerprint density at radius 1 is 1.07 bits per heavy atom. The van der Waals surface area contributed by atoms with Crippen LogP contribution in [0.25, 0.3) is 6.08 Å². The average molecular weight is 597 g/mol. The number of nitrogens with zero attached hydrogens (tertiary/aromatic N) is 4. The summed E-state index contributed by atoms with van der Waals surface area (Å²) in [5.41, 5.74) is 3.59. The van der Waals surface area contributed by atoms with Crippen LogP contribution >= 0.6 is 24.0 Å². The number of anilines is 1. The zero-order valence-corrected chi connectivity index (χ0v) is 26.0. The monoisotopic (exact) mass is 596 g/mol. The van der Waals surface area contributed by atoms with Gasteiger partial charge in [0.15, 0.2) is 0 Å². The van der Waals surface area contributed by atoms with E-state index < -0.39 is 0 Å². The lowest BCUT2D eigenvalue weighted by molar-refractivity contribution is -0.123. The number of thioether (sulfide) groups is 1. The van der Waals surface area contributed by atoms with Crippen molar-refractivity contribution in [3.05, 3.63) is 104 Å². The number of hydrogen-bond donors (Lipinski definition) is 0. The van der Waals surface area contributed by atoms with E-state index >= 15 is 0 Å². The third-order valence-corrected chi connectivity index (χ3v) is 9.67. The Morgan fingerprint density at radius 2 is 1.71 bits per heavy atom. The Hall–Kier alpha value is -3.67. The van der Waals surface area contributed by atoms with E-state index in [1.165, 1.54) is 17.3 Å². The van der Waals surface area contributed by atoms with Crippen LogP contribution in [0.15, 0.2) is 70.4 Å². The van der Waals surface area contributed by atoms with Gasteiger partial charge in [0, 0.05) is 25.2 Å². The molecule has 2 aliphatic heterocycles. The Labute approximate surface area is 257 Å². The number of amides is 1. The number of rotatable bonds is 8. The first kappa shape index (κ1) is 29.8. The maximum atomic E-state index is 13.8. The molecule has 1 aromatic heterocycles. The molecule has 3 heterocycles. The molecule has 5 rings (SSSR count). The maximum Gasteiger partial charge on any atom is 0.270 e. The van der Waals surface area contributed by atoms with Crippen LogP contribution < -0.4 is 10.5 Å². The molecular formula is C34H36N4O2S2. The fourth-order valence-corrected chi connectivity index (χ4v) is 7.44. The Bertz CT molecular complexity index is 1600. The molecule has 6 nitrogen and oxygen atoms in total. The summed E-state index contributed by atoms with van der Waals surface area (Å²) in [5, 5.41) is 9.99. The van der Waals surface area contributed by atoms with Gasteiger partial charge in [-0.05, 0) is 68.2 Å². The van der Waals surface area contributed by atoms with Crippen LogP contribution in [-0.4, -0.2) is 32.8 Å². The van der Waals surface area contributed by atoms with Crippen LogP contribution in [0.2, 0.25) is 0 Å². The van der Waals surface area contributed by atoms with Crippen molar-refractivity contribution < 1.29 is 4.79 Å². The summed E-state index contributed by atoms with van der Waals surface area (Å²) in [6.45, 7) is 7.94. The fourth-order valence-electron chi connectivity index (χ4n) is 6.04. The summed E-state index contributed by atoms with van der Waals surface area (Å²) >= 11 is 6.97. The number of piperidine rings is 1. The number of nitriles is 1. The van der Waals surface area contributed by atoms with E-state index in [2.05, 4.69) is 35.2 Å². The van der Waals surface area contributed by atoms with Gasteiger partial charge in [-0.3, -0.25) is 19.1 Å². The molecule has 2 aromatic carbocycles. The predicted octanol–water partition coefficient (Wildman–Crippen LogP) is 6.86. The molecule has 1 amide bonds.